The van der Waals surface area contributed by atoms with Crippen LogP contribution >= 0.6 is 0 Å². The van der Waals surface area contributed by atoms with Crippen LogP contribution in [0.4, 0.5) is 0 Å². The van der Waals surface area contributed by atoms with Crippen molar-refractivity contribution in [1.82, 2.24) is 9.88 Å². The number of hydrogen-bond acceptors (Lipinski definition) is 4. The number of methoxy groups -OCH3 is 1. The van der Waals surface area contributed by atoms with Crippen LogP contribution in [0.15, 0.2) is 48.8 Å². The largest absolute Gasteiger partial charge is 0.465 e. The van der Waals surface area contributed by atoms with Crippen LogP contribution in [-0.4, -0.2) is 35.4 Å². The van der Waals surface area contributed by atoms with Crippen LogP contribution < -0.4 is 0 Å². The van der Waals surface area contributed by atoms with Crippen LogP contribution in [0.2, 0.25) is 0 Å². The number of esters is 1. The Morgan fingerprint density at radius 3 is 2.79 bits per heavy atom. The van der Waals surface area contributed by atoms with E-state index in [1.807, 2.05) is 23.1 Å². The Hall–Kier alpha value is -2.69. The summed E-state index contributed by atoms with van der Waals surface area (Å²) in [4.78, 5) is 30.3. The maximum Gasteiger partial charge on any atom is 0.337 e. The second-order valence-electron chi connectivity index (χ2n) is 5.89. The predicted octanol–water partition coefficient (Wildman–Crippen LogP) is 2.77. The van der Waals surface area contributed by atoms with Crippen molar-refractivity contribution < 1.29 is 14.3 Å². The molecular weight excluding hydrogens is 304 g/mol. The van der Waals surface area contributed by atoms with Gasteiger partial charge in [-0.25, -0.2) is 4.79 Å². The summed E-state index contributed by atoms with van der Waals surface area (Å²) in [7, 11) is 1.35. The van der Waals surface area contributed by atoms with E-state index in [1.165, 1.54) is 7.11 Å². The zero-order chi connectivity index (χ0) is 16.9. The molecule has 5 heteroatoms. The first kappa shape index (κ1) is 16.2. The van der Waals surface area contributed by atoms with E-state index in [0.717, 1.165) is 30.5 Å². The normalized spacial score (nSPS) is 16.9. The van der Waals surface area contributed by atoms with Gasteiger partial charge < -0.3 is 9.64 Å². The molecule has 0 saturated carbocycles. The summed E-state index contributed by atoms with van der Waals surface area (Å²) in [6.45, 7) is 0.766. The zero-order valence-electron chi connectivity index (χ0n) is 13.6. The lowest BCUT2D eigenvalue weighted by Crippen LogP contribution is -2.31. The maximum atomic E-state index is 12.7. The molecule has 5 nitrogen and oxygen atoms in total. The van der Waals surface area contributed by atoms with Gasteiger partial charge in [0.05, 0.1) is 25.1 Å². The molecule has 1 aromatic carbocycles. The SMILES string of the molecule is COC(=O)c1cccc(CC(=O)N2CCC[C@@H]2c2ccncc2)c1. The van der Waals surface area contributed by atoms with Crippen molar-refractivity contribution in [3.63, 3.8) is 0 Å². The van der Waals surface area contributed by atoms with Crippen molar-refractivity contribution in [2.75, 3.05) is 13.7 Å². The molecule has 1 atom stereocenters. The van der Waals surface area contributed by atoms with Crippen molar-refractivity contribution in [1.29, 1.82) is 0 Å². The zero-order valence-corrected chi connectivity index (χ0v) is 13.6. The second kappa shape index (κ2) is 7.25. The van der Waals surface area contributed by atoms with Crippen molar-refractivity contribution in [3.8, 4) is 0 Å². The number of carbonyl (C=O) groups excluding carboxylic acids is 2. The van der Waals surface area contributed by atoms with E-state index in [0.29, 0.717) is 5.56 Å². The lowest BCUT2D eigenvalue weighted by molar-refractivity contribution is -0.131. The van der Waals surface area contributed by atoms with Crippen LogP contribution in [-0.2, 0) is 16.0 Å². The molecule has 0 radical (unpaired) electrons. The molecule has 2 heterocycles. The van der Waals surface area contributed by atoms with Crippen molar-refractivity contribution in [3.05, 3.63) is 65.5 Å². The number of benzene rings is 1. The van der Waals surface area contributed by atoms with Crippen molar-refractivity contribution in [2.24, 2.45) is 0 Å². The Bertz CT molecular complexity index is 730. The molecule has 1 amide bonds. The average Bonchev–Trinajstić information content (AvgIpc) is 3.12. The molecule has 0 bridgehead atoms. The van der Waals surface area contributed by atoms with E-state index in [-0.39, 0.29) is 24.3 Å². The molecule has 0 spiro atoms. The summed E-state index contributed by atoms with van der Waals surface area (Å²) in [6.07, 6.45) is 5.78. The van der Waals surface area contributed by atoms with Gasteiger partial charge in [0.2, 0.25) is 5.91 Å². The van der Waals surface area contributed by atoms with Crippen LogP contribution in [0.5, 0.6) is 0 Å². The molecule has 24 heavy (non-hydrogen) atoms. The summed E-state index contributed by atoms with van der Waals surface area (Å²) in [5, 5.41) is 0. The highest BCUT2D eigenvalue weighted by atomic mass is 16.5. The number of rotatable bonds is 4. The number of ether oxygens (including phenoxy) is 1. The predicted molar refractivity (Wildman–Crippen MR) is 89.4 cm³/mol. The van der Waals surface area contributed by atoms with Gasteiger partial charge in [-0.3, -0.25) is 9.78 Å². The second-order valence-corrected chi connectivity index (χ2v) is 5.89. The van der Waals surface area contributed by atoms with E-state index in [1.54, 1.807) is 30.6 Å². The number of pyridine rings is 1. The minimum Gasteiger partial charge on any atom is -0.465 e. The molecule has 0 N–H and O–H groups in total. The topological polar surface area (TPSA) is 59.5 Å². The first-order valence-corrected chi connectivity index (χ1v) is 8.05. The first-order chi connectivity index (χ1) is 11.7. The Kier molecular flexibility index (Phi) is 4.89. The fraction of sp³-hybridized carbons (Fsp3) is 0.316. The minimum atomic E-state index is -0.389. The fourth-order valence-corrected chi connectivity index (χ4v) is 3.20. The third-order valence-corrected chi connectivity index (χ3v) is 4.37. The van der Waals surface area contributed by atoms with Gasteiger partial charge in [-0.1, -0.05) is 12.1 Å². The monoisotopic (exact) mass is 324 g/mol. The minimum absolute atomic E-state index is 0.0799. The number of hydrogen-bond donors (Lipinski definition) is 0. The molecule has 1 aromatic heterocycles. The summed E-state index contributed by atoms with van der Waals surface area (Å²) in [6, 6.07) is 11.1. The van der Waals surface area contributed by atoms with Crippen molar-refractivity contribution >= 4 is 11.9 Å². The Balaban J connectivity index is 1.74. The summed E-state index contributed by atoms with van der Waals surface area (Å²) >= 11 is 0. The van der Waals surface area contributed by atoms with Crippen LogP contribution in [0.1, 0.15) is 40.4 Å². The standard InChI is InChI=1S/C19H20N2O3/c1-24-19(23)16-5-2-4-14(12-16)13-18(22)21-11-3-6-17(21)15-7-9-20-10-8-15/h2,4-5,7-10,12,17H,3,6,11,13H2,1H3/t17-/m1/s1. The average molecular weight is 324 g/mol. The molecule has 1 aliphatic heterocycles. The maximum absolute atomic E-state index is 12.7. The van der Waals surface area contributed by atoms with E-state index in [9.17, 15) is 9.59 Å². The Morgan fingerprint density at radius 2 is 2.04 bits per heavy atom. The number of aromatic nitrogens is 1. The van der Waals surface area contributed by atoms with Crippen LogP contribution in [0.25, 0.3) is 0 Å². The Labute approximate surface area is 141 Å². The van der Waals surface area contributed by atoms with Gasteiger partial charge in [0.15, 0.2) is 0 Å². The van der Waals surface area contributed by atoms with E-state index >= 15 is 0 Å². The molecule has 1 fully saturated rings. The first-order valence-electron chi connectivity index (χ1n) is 8.05. The summed E-state index contributed by atoms with van der Waals surface area (Å²) < 4.78 is 4.73. The van der Waals surface area contributed by atoms with Gasteiger partial charge >= 0.3 is 5.97 Å². The smallest absolute Gasteiger partial charge is 0.337 e. The van der Waals surface area contributed by atoms with Crippen LogP contribution in [0, 0.1) is 0 Å². The molecule has 124 valence electrons. The molecular formula is C19H20N2O3. The molecule has 2 aromatic rings. The van der Waals surface area contributed by atoms with Gasteiger partial charge in [0, 0.05) is 18.9 Å². The molecule has 0 aliphatic carbocycles. The lowest BCUT2D eigenvalue weighted by atomic mass is 10.0. The lowest BCUT2D eigenvalue weighted by Gasteiger charge is -2.25. The van der Waals surface area contributed by atoms with Gasteiger partial charge in [0.1, 0.15) is 0 Å². The van der Waals surface area contributed by atoms with E-state index in [4.69, 9.17) is 4.74 Å². The molecule has 0 unspecified atom stereocenters. The van der Waals surface area contributed by atoms with E-state index < -0.39 is 0 Å². The number of carbonyl (C=O) groups is 2. The van der Waals surface area contributed by atoms with Gasteiger partial charge in [-0.2, -0.15) is 0 Å². The summed E-state index contributed by atoms with van der Waals surface area (Å²) in [5.41, 5.74) is 2.41. The highest BCUT2D eigenvalue weighted by molar-refractivity contribution is 5.90. The van der Waals surface area contributed by atoms with Gasteiger partial charge in [-0.15, -0.1) is 0 Å². The third kappa shape index (κ3) is 3.45. The Morgan fingerprint density at radius 1 is 1.25 bits per heavy atom. The van der Waals surface area contributed by atoms with Gasteiger partial charge in [-0.05, 0) is 48.2 Å². The highest BCUT2D eigenvalue weighted by Crippen LogP contribution is 2.32. The third-order valence-electron chi connectivity index (χ3n) is 4.37. The fourth-order valence-electron chi connectivity index (χ4n) is 3.20. The van der Waals surface area contributed by atoms with Crippen molar-refractivity contribution in [2.45, 2.75) is 25.3 Å². The summed E-state index contributed by atoms with van der Waals surface area (Å²) in [5.74, 6) is -0.309. The molecule has 1 aliphatic rings. The van der Waals surface area contributed by atoms with Gasteiger partial charge in [0.25, 0.3) is 0 Å². The van der Waals surface area contributed by atoms with Crippen LogP contribution in [0.3, 0.4) is 0 Å². The molecule has 3 rings (SSSR count). The number of nitrogens with zero attached hydrogens (tertiary/aromatic N) is 2. The number of likely N-dealkylation sites (tertiary alicyclic amines) is 1. The number of amides is 1. The quantitative estimate of drug-likeness (QED) is 0.812. The van der Waals surface area contributed by atoms with E-state index in [2.05, 4.69) is 4.98 Å². The molecule has 1 saturated heterocycles. The highest BCUT2D eigenvalue weighted by Gasteiger charge is 2.29.